The van der Waals surface area contributed by atoms with Crippen LogP contribution >= 0.6 is 15.9 Å². The maximum absolute atomic E-state index is 13.1. The van der Waals surface area contributed by atoms with Crippen LogP contribution in [0.15, 0.2) is 52.5 Å². The summed E-state index contributed by atoms with van der Waals surface area (Å²) < 4.78 is 11.2. The summed E-state index contributed by atoms with van der Waals surface area (Å²) in [5.74, 6) is -1.40. The number of carbonyl (C=O) groups is 2. The maximum atomic E-state index is 13.1. The van der Waals surface area contributed by atoms with Crippen LogP contribution in [0.25, 0.3) is 5.76 Å². The van der Waals surface area contributed by atoms with Crippen molar-refractivity contribution < 1.29 is 29.3 Å². The van der Waals surface area contributed by atoms with Gasteiger partial charge in [-0.3, -0.25) is 14.5 Å². The van der Waals surface area contributed by atoms with E-state index in [1.807, 2.05) is 0 Å². The number of aliphatic hydroxyl groups excluding tert-OH is 1. The van der Waals surface area contributed by atoms with E-state index in [1.165, 1.54) is 17.0 Å². The number of hydrogen-bond acceptors (Lipinski definition) is 7. The summed E-state index contributed by atoms with van der Waals surface area (Å²) in [6, 6.07) is 10.8. The number of hydrogen-bond donors (Lipinski definition) is 2. The third kappa shape index (κ3) is 4.96. The number of amides is 1. The van der Waals surface area contributed by atoms with Gasteiger partial charge in [0.25, 0.3) is 11.7 Å². The van der Waals surface area contributed by atoms with E-state index in [9.17, 15) is 19.8 Å². The van der Waals surface area contributed by atoms with Gasteiger partial charge in [-0.05, 0) is 42.3 Å². The first-order chi connectivity index (χ1) is 16.4. The van der Waals surface area contributed by atoms with E-state index in [-0.39, 0.29) is 16.9 Å². The summed E-state index contributed by atoms with van der Waals surface area (Å²) in [4.78, 5) is 30.0. The van der Waals surface area contributed by atoms with Gasteiger partial charge in [0.05, 0.1) is 37.5 Å². The number of phenols is 1. The third-order valence-corrected chi connectivity index (χ3v) is 6.66. The van der Waals surface area contributed by atoms with E-state index in [0.29, 0.717) is 42.0 Å². The minimum atomic E-state index is -0.783. The number of Topliss-reactive ketones (excluding diaryl/α,β-unsaturated/α-hetero) is 1. The number of aromatic hydroxyl groups is 1. The molecule has 2 fully saturated rings. The zero-order chi connectivity index (χ0) is 24.2. The van der Waals surface area contributed by atoms with E-state index >= 15 is 0 Å². The van der Waals surface area contributed by atoms with Crippen molar-refractivity contribution >= 4 is 33.4 Å². The normalized spacial score (nSPS) is 20.6. The van der Waals surface area contributed by atoms with Crippen LogP contribution in [-0.4, -0.2) is 78.2 Å². The molecule has 180 valence electrons. The van der Waals surface area contributed by atoms with Crippen LogP contribution in [0.1, 0.15) is 23.6 Å². The Labute approximate surface area is 206 Å². The fraction of sp³-hybridized carbons (Fsp3) is 0.360. The minimum absolute atomic E-state index is 0.0464. The number of benzene rings is 2. The van der Waals surface area contributed by atoms with Gasteiger partial charge in [-0.25, -0.2) is 0 Å². The number of halogens is 1. The number of phenolic OH excluding ortho intramolecular Hbond substituents is 1. The van der Waals surface area contributed by atoms with Crippen LogP contribution in [0.3, 0.4) is 0 Å². The number of ketones is 1. The lowest BCUT2D eigenvalue weighted by atomic mass is 9.95. The Balaban J connectivity index is 1.70. The van der Waals surface area contributed by atoms with Gasteiger partial charge in [0, 0.05) is 30.7 Å². The Hall–Kier alpha value is -2.88. The molecule has 1 atom stereocenters. The lowest BCUT2D eigenvalue weighted by molar-refractivity contribution is -0.140. The summed E-state index contributed by atoms with van der Waals surface area (Å²) in [6.07, 6.45) is 0.669. The molecule has 0 unspecified atom stereocenters. The zero-order valence-electron chi connectivity index (χ0n) is 18.9. The van der Waals surface area contributed by atoms with Crippen molar-refractivity contribution in [3.8, 4) is 11.5 Å². The Kier molecular flexibility index (Phi) is 7.55. The molecule has 34 heavy (non-hydrogen) atoms. The predicted molar refractivity (Wildman–Crippen MR) is 130 cm³/mol. The zero-order valence-corrected chi connectivity index (χ0v) is 20.5. The van der Waals surface area contributed by atoms with Gasteiger partial charge in [-0.1, -0.05) is 28.1 Å². The van der Waals surface area contributed by atoms with Crippen LogP contribution < -0.4 is 4.74 Å². The molecule has 4 rings (SSSR count). The van der Waals surface area contributed by atoms with Crippen molar-refractivity contribution in [3.63, 3.8) is 0 Å². The third-order valence-electron chi connectivity index (χ3n) is 6.16. The number of likely N-dealkylation sites (tertiary alicyclic amines) is 1. The molecule has 1 amide bonds. The highest BCUT2D eigenvalue weighted by atomic mass is 79.9. The molecule has 9 heteroatoms. The average molecular weight is 531 g/mol. The predicted octanol–water partition coefficient (Wildman–Crippen LogP) is 3.31. The Morgan fingerprint density at radius 3 is 2.50 bits per heavy atom. The number of carbonyl (C=O) groups excluding carboxylic acids is 2. The lowest BCUT2D eigenvalue weighted by Crippen LogP contribution is -2.38. The number of nitrogens with zero attached hydrogens (tertiary/aromatic N) is 2. The highest BCUT2D eigenvalue weighted by molar-refractivity contribution is 9.10. The van der Waals surface area contributed by atoms with E-state index in [0.717, 1.165) is 19.6 Å². The van der Waals surface area contributed by atoms with Crippen molar-refractivity contribution in [3.05, 3.63) is 63.6 Å². The summed E-state index contributed by atoms with van der Waals surface area (Å²) >= 11 is 3.33. The molecule has 0 radical (unpaired) electrons. The first-order valence-corrected chi connectivity index (χ1v) is 11.9. The molecule has 2 aromatic rings. The second-order valence-electron chi connectivity index (χ2n) is 8.23. The molecule has 0 saturated carbocycles. The Morgan fingerprint density at radius 1 is 1.12 bits per heavy atom. The van der Waals surface area contributed by atoms with E-state index in [1.54, 1.807) is 37.4 Å². The monoisotopic (exact) mass is 530 g/mol. The van der Waals surface area contributed by atoms with Crippen LogP contribution in [0.5, 0.6) is 11.5 Å². The van der Waals surface area contributed by atoms with E-state index in [2.05, 4.69) is 20.8 Å². The molecule has 0 spiro atoms. The van der Waals surface area contributed by atoms with Crippen molar-refractivity contribution in [2.45, 2.75) is 12.5 Å². The van der Waals surface area contributed by atoms with Gasteiger partial charge >= 0.3 is 0 Å². The molecule has 2 aliphatic rings. The van der Waals surface area contributed by atoms with E-state index < -0.39 is 23.5 Å². The molecule has 0 aliphatic carbocycles. The number of morpholine rings is 1. The number of methoxy groups -OCH3 is 1. The maximum Gasteiger partial charge on any atom is 0.295 e. The fourth-order valence-corrected chi connectivity index (χ4v) is 4.74. The molecular formula is C25H27BrN2O6. The van der Waals surface area contributed by atoms with Gasteiger partial charge in [0.15, 0.2) is 0 Å². The van der Waals surface area contributed by atoms with Crippen LogP contribution in [0, 0.1) is 0 Å². The molecule has 2 saturated heterocycles. The number of ether oxygens (including phenoxy) is 2. The number of aliphatic hydroxyl groups is 1. The summed E-state index contributed by atoms with van der Waals surface area (Å²) in [6.45, 7) is 4.17. The van der Waals surface area contributed by atoms with Crippen LogP contribution in [0.2, 0.25) is 0 Å². The first kappa shape index (κ1) is 24.3. The second kappa shape index (κ2) is 10.6. The molecule has 2 N–H and O–H groups in total. The highest BCUT2D eigenvalue weighted by Crippen LogP contribution is 2.41. The smallest absolute Gasteiger partial charge is 0.295 e. The molecule has 8 nitrogen and oxygen atoms in total. The van der Waals surface area contributed by atoms with Gasteiger partial charge < -0.3 is 24.6 Å². The average Bonchev–Trinajstić information content (AvgIpc) is 3.11. The number of rotatable bonds is 7. The van der Waals surface area contributed by atoms with E-state index in [4.69, 9.17) is 9.47 Å². The van der Waals surface area contributed by atoms with Gasteiger partial charge in [-0.15, -0.1) is 0 Å². The topological polar surface area (TPSA) is 99.5 Å². The standard InChI is InChI=1S/C25H27BrN2O6/c1-33-18-6-3-16(4-7-18)22-21(23(30)19-15-17(26)5-8-20(19)29)24(31)25(32)28(22)10-2-9-27-11-13-34-14-12-27/h3-8,15,22,29-30H,2,9-14H2,1H3/t22-/m1/s1. The van der Waals surface area contributed by atoms with Gasteiger partial charge in [0.2, 0.25) is 0 Å². The van der Waals surface area contributed by atoms with Crippen LogP contribution in [0.4, 0.5) is 0 Å². The molecule has 2 heterocycles. The van der Waals surface area contributed by atoms with Gasteiger partial charge in [-0.2, -0.15) is 0 Å². The van der Waals surface area contributed by atoms with Crippen molar-refractivity contribution in [1.82, 2.24) is 9.80 Å². The molecular weight excluding hydrogens is 504 g/mol. The second-order valence-corrected chi connectivity index (χ2v) is 9.15. The van der Waals surface area contributed by atoms with Gasteiger partial charge in [0.1, 0.15) is 17.3 Å². The summed E-state index contributed by atoms with van der Waals surface area (Å²) in [7, 11) is 1.56. The Bertz CT molecular complexity index is 1100. The highest BCUT2D eigenvalue weighted by Gasteiger charge is 2.46. The lowest BCUT2D eigenvalue weighted by Gasteiger charge is -2.29. The first-order valence-electron chi connectivity index (χ1n) is 11.1. The summed E-state index contributed by atoms with van der Waals surface area (Å²) in [5.41, 5.74) is 0.705. The SMILES string of the molecule is COc1ccc([C@@H]2C(=C(O)c3cc(Br)ccc3O)C(=O)C(=O)N2CCCN2CCOCC2)cc1. The molecule has 0 aromatic heterocycles. The molecule has 2 aliphatic heterocycles. The minimum Gasteiger partial charge on any atom is -0.507 e. The fourth-order valence-electron chi connectivity index (χ4n) is 4.38. The summed E-state index contributed by atoms with van der Waals surface area (Å²) in [5, 5.41) is 21.5. The van der Waals surface area contributed by atoms with Crippen molar-refractivity contribution in [2.24, 2.45) is 0 Å². The molecule has 2 aromatic carbocycles. The van der Waals surface area contributed by atoms with Crippen molar-refractivity contribution in [2.75, 3.05) is 46.5 Å². The van der Waals surface area contributed by atoms with Crippen LogP contribution in [-0.2, 0) is 14.3 Å². The Morgan fingerprint density at radius 2 is 1.82 bits per heavy atom. The quantitative estimate of drug-likeness (QED) is 0.321. The largest absolute Gasteiger partial charge is 0.507 e. The van der Waals surface area contributed by atoms with Crippen molar-refractivity contribution in [1.29, 1.82) is 0 Å². The molecule has 0 bridgehead atoms.